The van der Waals surface area contributed by atoms with Crippen molar-refractivity contribution in [2.75, 3.05) is 13.3 Å². The fourth-order valence-electron chi connectivity index (χ4n) is 1.07. The van der Waals surface area contributed by atoms with E-state index in [2.05, 4.69) is 4.52 Å². The minimum Gasteiger partial charge on any atom is -0.316 e. The molecule has 0 bridgehead atoms. The van der Waals surface area contributed by atoms with E-state index >= 15 is 0 Å². The smallest absolute Gasteiger partial charge is 0.316 e. The van der Waals surface area contributed by atoms with Gasteiger partial charge in [0.15, 0.2) is 13.5 Å². The number of alkyl halides is 3. The van der Waals surface area contributed by atoms with Crippen LogP contribution in [0, 0.1) is 5.92 Å². The highest BCUT2D eigenvalue weighted by molar-refractivity contribution is 7.57. The van der Waals surface area contributed by atoms with Crippen LogP contribution in [-0.4, -0.2) is 25.6 Å². The Morgan fingerprint density at radius 3 is 1.93 bits per heavy atom. The minimum atomic E-state index is -4.43. The van der Waals surface area contributed by atoms with Crippen LogP contribution in [0.1, 0.15) is 26.7 Å². The van der Waals surface area contributed by atoms with Crippen molar-refractivity contribution in [3.05, 3.63) is 0 Å². The second kappa shape index (κ2) is 5.35. The molecule has 6 heteroatoms. The summed E-state index contributed by atoms with van der Waals surface area (Å²) in [5.74, 6) is 0.173. The van der Waals surface area contributed by atoms with Crippen molar-refractivity contribution in [2.24, 2.45) is 5.92 Å². The molecule has 0 rings (SSSR count). The summed E-state index contributed by atoms with van der Waals surface area (Å²) in [4.78, 5) is 0. The van der Waals surface area contributed by atoms with E-state index in [-0.39, 0.29) is 12.3 Å². The van der Waals surface area contributed by atoms with Crippen molar-refractivity contribution in [2.45, 2.75) is 39.0 Å². The Kier molecular flexibility index (Phi) is 5.34. The molecule has 0 aliphatic rings. The monoisotopic (exact) mass is 246 g/mol. The molecule has 15 heavy (non-hydrogen) atoms. The van der Waals surface area contributed by atoms with Crippen molar-refractivity contribution < 1.29 is 22.3 Å². The summed E-state index contributed by atoms with van der Waals surface area (Å²) in [5.41, 5.74) is 0. The van der Waals surface area contributed by atoms with Crippen molar-refractivity contribution in [3.8, 4) is 0 Å². The number of rotatable bonds is 5. The van der Waals surface area contributed by atoms with Crippen molar-refractivity contribution >= 4 is 7.37 Å². The molecule has 1 unspecified atom stereocenters. The molecule has 2 nitrogen and oxygen atoms in total. The van der Waals surface area contributed by atoms with Crippen LogP contribution in [0.3, 0.4) is 0 Å². The average molecular weight is 246 g/mol. The Labute approximate surface area is 88.6 Å². The summed E-state index contributed by atoms with van der Waals surface area (Å²) in [5, 5.41) is 0. The van der Waals surface area contributed by atoms with Crippen molar-refractivity contribution in [1.82, 2.24) is 0 Å². The summed E-state index contributed by atoms with van der Waals surface area (Å²) in [6, 6.07) is 0. The second-order valence-corrected chi connectivity index (χ2v) is 7.07. The maximum Gasteiger partial charge on any atom is 0.415 e. The topological polar surface area (TPSA) is 26.3 Å². The molecule has 0 fully saturated rings. The lowest BCUT2D eigenvalue weighted by Crippen LogP contribution is -2.31. The van der Waals surface area contributed by atoms with Crippen molar-refractivity contribution in [3.63, 3.8) is 0 Å². The first-order valence-corrected chi connectivity index (χ1v) is 7.34. The standard InChI is InChI=1S/C9H18F3O2P/c1-7(2)5-6-8(9(10,11)12)14-15(3,4)13/h7-8H,5-6H2,1-4H3. The van der Waals surface area contributed by atoms with Gasteiger partial charge in [-0.2, -0.15) is 13.2 Å². The Morgan fingerprint density at radius 1 is 1.20 bits per heavy atom. The van der Waals surface area contributed by atoms with Gasteiger partial charge in [0.25, 0.3) is 0 Å². The molecule has 0 spiro atoms. The van der Waals surface area contributed by atoms with Gasteiger partial charge in [-0.15, -0.1) is 0 Å². The summed E-state index contributed by atoms with van der Waals surface area (Å²) < 4.78 is 53.1. The first-order chi connectivity index (χ1) is 6.52. The van der Waals surface area contributed by atoms with Crippen LogP contribution in [0.5, 0.6) is 0 Å². The SMILES string of the molecule is CC(C)CCC(OP(C)(C)=O)C(F)(F)F. The molecular weight excluding hydrogens is 228 g/mol. The third-order valence-corrected chi connectivity index (χ3v) is 2.51. The fraction of sp³-hybridized carbons (Fsp3) is 1.00. The third-order valence-electron chi connectivity index (χ3n) is 1.75. The highest BCUT2D eigenvalue weighted by Gasteiger charge is 2.42. The van der Waals surface area contributed by atoms with Gasteiger partial charge in [0.2, 0.25) is 0 Å². The summed E-state index contributed by atoms with van der Waals surface area (Å²) in [6.07, 6.45) is -6.06. The summed E-state index contributed by atoms with van der Waals surface area (Å²) >= 11 is 0. The van der Waals surface area contributed by atoms with E-state index in [0.29, 0.717) is 6.42 Å². The van der Waals surface area contributed by atoms with Gasteiger partial charge in [0.05, 0.1) is 0 Å². The highest BCUT2D eigenvalue weighted by atomic mass is 31.2. The lowest BCUT2D eigenvalue weighted by atomic mass is 10.1. The number of hydrogen-bond donors (Lipinski definition) is 0. The van der Waals surface area contributed by atoms with Gasteiger partial charge < -0.3 is 4.52 Å². The number of halogens is 3. The van der Waals surface area contributed by atoms with Crippen LogP contribution >= 0.6 is 7.37 Å². The van der Waals surface area contributed by atoms with Crippen LogP contribution in [0.4, 0.5) is 13.2 Å². The van der Waals surface area contributed by atoms with E-state index in [1.54, 1.807) is 0 Å². The summed E-state index contributed by atoms with van der Waals surface area (Å²) in [6.45, 7) is 6.07. The first-order valence-electron chi connectivity index (χ1n) is 4.82. The largest absolute Gasteiger partial charge is 0.415 e. The fourth-order valence-corrected chi connectivity index (χ4v) is 1.91. The Bertz CT molecular complexity index is 232. The predicted octanol–water partition coefficient (Wildman–Crippen LogP) is 3.91. The van der Waals surface area contributed by atoms with E-state index in [0.717, 1.165) is 0 Å². The van der Waals surface area contributed by atoms with Crippen LogP contribution in [0.2, 0.25) is 0 Å². The van der Waals surface area contributed by atoms with Crippen LogP contribution in [-0.2, 0) is 9.09 Å². The molecule has 0 heterocycles. The molecule has 92 valence electrons. The average Bonchev–Trinajstić information content (AvgIpc) is 1.93. The van der Waals surface area contributed by atoms with E-state index in [4.69, 9.17) is 0 Å². The van der Waals surface area contributed by atoms with E-state index in [9.17, 15) is 17.7 Å². The Hall–Kier alpha value is -0.0200. The van der Waals surface area contributed by atoms with Gasteiger partial charge in [-0.3, -0.25) is 4.57 Å². The van der Waals surface area contributed by atoms with Crippen LogP contribution in [0.15, 0.2) is 0 Å². The second-order valence-electron chi connectivity index (χ2n) is 4.36. The molecule has 0 aromatic heterocycles. The molecule has 0 aliphatic heterocycles. The van der Waals surface area contributed by atoms with E-state index in [1.807, 2.05) is 13.8 Å². The van der Waals surface area contributed by atoms with Gasteiger partial charge in [0.1, 0.15) is 0 Å². The Balaban J connectivity index is 4.40. The molecule has 0 saturated carbocycles. The lowest BCUT2D eigenvalue weighted by Gasteiger charge is -2.23. The van der Waals surface area contributed by atoms with Crippen LogP contribution in [0.25, 0.3) is 0 Å². The third kappa shape index (κ3) is 7.86. The molecule has 0 aliphatic carbocycles. The molecule has 0 radical (unpaired) electrons. The quantitative estimate of drug-likeness (QED) is 0.687. The van der Waals surface area contributed by atoms with Gasteiger partial charge in [0, 0.05) is 13.3 Å². The molecule has 0 amide bonds. The molecule has 0 saturated heterocycles. The van der Waals surface area contributed by atoms with E-state index < -0.39 is 19.6 Å². The zero-order valence-electron chi connectivity index (χ0n) is 9.47. The van der Waals surface area contributed by atoms with Gasteiger partial charge in [-0.05, 0) is 18.8 Å². The first kappa shape index (κ1) is 15.0. The highest BCUT2D eigenvalue weighted by Crippen LogP contribution is 2.44. The zero-order valence-corrected chi connectivity index (χ0v) is 10.4. The van der Waals surface area contributed by atoms with E-state index in [1.165, 1.54) is 13.3 Å². The molecule has 0 N–H and O–H groups in total. The zero-order chi connectivity index (χ0) is 12.3. The number of hydrogen-bond acceptors (Lipinski definition) is 2. The molecule has 0 aromatic rings. The van der Waals surface area contributed by atoms with Gasteiger partial charge in [-0.25, -0.2) is 0 Å². The normalized spacial score (nSPS) is 15.7. The molecular formula is C9H18F3O2P. The lowest BCUT2D eigenvalue weighted by molar-refractivity contribution is -0.196. The van der Waals surface area contributed by atoms with Crippen molar-refractivity contribution in [1.29, 1.82) is 0 Å². The van der Waals surface area contributed by atoms with Gasteiger partial charge >= 0.3 is 6.18 Å². The predicted molar refractivity (Wildman–Crippen MR) is 54.5 cm³/mol. The Morgan fingerprint density at radius 2 is 1.67 bits per heavy atom. The maximum atomic E-state index is 12.5. The van der Waals surface area contributed by atoms with Gasteiger partial charge in [-0.1, -0.05) is 13.8 Å². The molecule has 0 aromatic carbocycles. The van der Waals surface area contributed by atoms with Crippen LogP contribution < -0.4 is 0 Å². The maximum absolute atomic E-state index is 12.5. The molecule has 1 atom stereocenters. The minimum absolute atomic E-state index is 0.132. The summed E-state index contributed by atoms with van der Waals surface area (Å²) in [7, 11) is -3.10.